The van der Waals surface area contributed by atoms with E-state index >= 15 is 0 Å². The number of carbonyl (C=O) groups is 1. The summed E-state index contributed by atoms with van der Waals surface area (Å²) in [5.74, 6) is 0.0834. The number of phenolic OH excluding ortho intramolecular Hbond substituents is 1. The molecule has 1 amide bonds. The van der Waals surface area contributed by atoms with Crippen molar-refractivity contribution in [3.63, 3.8) is 0 Å². The summed E-state index contributed by atoms with van der Waals surface area (Å²) in [6.45, 7) is 3.40. The molecule has 29 heavy (non-hydrogen) atoms. The number of amides is 1. The Morgan fingerprint density at radius 3 is 2.72 bits per heavy atom. The van der Waals surface area contributed by atoms with Crippen molar-refractivity contribution in [3.05, 3.63) is 57.9 Å². The standard InChI is InChI=1S/C20H20N4O5/c1-12-21-17-10-13(2-5-18(17)23(12)14-6-8-29-9-7-14)20(26)22-16-4-3-15(24(27)28)11-19(16)25/h2-5,10-11,14,25H,6-9H2,1H3,(H,22,26). The number of aromatic hydroxyl groups is 1. The number of aryl methyl sites for hydroxylation is 1. The van der Waals surface area contributed by atoms with Crippen LogP contribution >= 0.6 is 0 Å². The van der Waals surface area contributed by atoms with Crippen LogP contribution in [0.25, 0.3) is 11.0 Å². The summed E-state index contributed by atoms with van der Waals surface area (Å²) >= 11 is 0. The lowest BCUT2D eigenvalue weighted by molar-refractivity contribution is -0.384. The average Bonchev–Trinajstić information content (AvgIpc) is 3.04. The van der Waals surface area contributed by atoms with E-state index in [0.717, 1.165) is 49.0 Å². The molecule has 0 atom stereocenters. The lowest BCUT2D eigenvalue weighted by Crippen LogP contribution is -2.20. The Kier molecular flexibility index (Phi) is 4.89. The number of anilines is 1. The number of benzene rings is 2. The van der Waals surface area contributed by atoms with Gasteiger partial charge in [0.15, 0.2) is 0 Å². The monoisotopic (exact) mass is 396 g/mol. The van der Waals surface area contributed by atoms with Gasteiger partial charge in [0.2, 0.25) is 0 Å². The summed E-state index contributed by atoms with van der Waals surface area (Å²) in [7, 11) is 0. The molecule has 2 N–H and O–H groups in total. The molecular formula is C20H20N4O5. The number of imidazole rings is 1. The van der Waals surface area contributed by atoms with E-state index in [0.29, 0.717) is 11.6 Å². The number of fused-ring (bicyclic) bond motifs is 1. The maximum atomic E-state index is 12.6. The predicted octanol–water partition coefficient (Wildman–Crippen LogP) is 3.56. The zero-order valence-electron chi connectivity index (χ0n) is 15.8. The smallest absolute Gasteiger partial charge is 0.273 e. The Morgan fingerprint density at radius 1 is 1.28 bits per heavy atom. The van der Waals surface area contributed by atoms with Crippen molar-refractivity contribution in [2.24, 2.45) is 0 Å². The summed E-state index contributed by atoms with van der Waals surface area (Å²) in [5, 5.41) is 23.3. The van der Waals surface area contributed by atoms with Crippen LogP contribution in [0.1, 0.15) is 35.1 Å². The van der Waals surface area contributed by atoms with Crippen molar-refractivity contribution in [3.8, 4) is 5.75 Å². The molecule has 1 aromatic heterocycles. The summed E-state index contributed by atoms with van der Waals surface area (Å²) in [6, 6.07) is 9.12. The molecule has 0 aliphatic carbocycles. The minimum Gasteiger partial charge on any atom is -0.506 e. The fourth-order valence-electron chi connectivity index (χ4n) is 3.70. The van der Waals surface area contributed by atoms with Gasteiger partial charge in [-0.05, 0) is 44.0 Å². The van der Waals surface area contributed by atoms with Gasteiger partial charge >= 0.3 is 0 Å². The highest BCUT2D eigenvalue weighted by Crippen LogP contribution is 2.30. The van der Waals surface area contributed by atoms with E-state index in [-0.39, 0.29) is 17.1 Å². The van der Waals surface area contributed by atoms with Crippen molar-refractivity contribution >= 4 is 28.3 Å². The summed E-state index contributed by atoms with van der Waals surface area (Å²) < 4.78 is 7.64. The van der Waals surface area contributed by atoms with Crippen LogP contribution in [-0.4, -0.2) is 38.7 Å². The first-order valence-electron chi connectivity index (χ1n) is 9.29. The van der Waals surface area contributed by atoms with E-state index < -0.39 is 10.8 Å². The van der Waals surface area contributed by atoms with Crippen LogP contribution < -0.4 is 5.32 Å². The number of nitrogens with zero attached hydrogens (tertiary/aromatic N) is 3. The Bertz CT molecular complexity index is 1100. The fourth-order valence-corrected chi connectivity index (χ4v) is 3.70. The number of aromatic nitrogens is 2. The maximum Gasteiger partial charge on any atom is 0.273 e. The Balaban J connectivity index is 1.59. The highest BCUT2D eigenvalue weighted by molar-refractivity contribution is 6.06. The van der Waals surface area contributed by atoms with Crippen LogP contribution in [-0.2, 0) is 4.74 Å². The minimum atomic E-state index is -0.615. The Labute approximate surface area is 166 Å². The quantitative estimate of drug-likeness (QED) is 0.395. The maximum absolute atomic E-state index is 12.6. The summed E-state index contributed by atoms with van der Waals surface area (Å²) in [4.78, 5) is 27.4. The van der Waals surface area contributed by atoms with E-state index in [1.807, 2.05) is 13.0 Å². The number of rotatable bonds is 4. The van der Waals surface area contributed by atoms with E-state index in [4.69, 9.17) is 4.74 Å². The van der Waals surface area contributed by atoms with Gasteiger partial charge in [-0.1, -0.05) is 0 Å². The second kappa shape index (κ2) is 7.51. The number of nitrogens with one attached hydrogen (secondary N) is 1. The molecular weight excluding hydrogens is 376 g/mol. The Morgan fingerprint density at radius 2 is 2.03 bits per heavy atom. The lowest BCUT2D eigenvalue weighted by Gasteiger charge is -2.25. The number of hydrogen-bond donors (Lipinski definition) is 2. The lowest BCUT2D eigenvalue weighted by atomic mass is 10.1. The summed E-state index contributed by atoms with van der Waals surface area (Å²) in [5.41, 5.74) is 1.91. The van der Waals surface area contributed by atoms with E-state index in [9.17, 15) is 20.0 Å². The van der Waals surface area contributed by atoms with Gasteiger partial charge < -0.3 is 19.7 Å². The number of non-ortho nitro benzene ring substituents is 1. The molecule has 1 aliphatic rings. The van der Waals surface area contributed by atoms with Gasteiger partial charge in [-0.3, -0.25) is 14.9 Å². The van der Waals surface area contributed by atoms with Gasteiger partial charge in [0, 0.05) is 30.9 Å². The van der Waals surface area contributed by atoms with Crippen LogP contribution in [0.4, 0.5) is 11.4 Å². The topological polar surface area (TPSA) is 120 Å². The van der Waals surface area contributed by atoms with Gasteiger partial charge in [0.05, 0.1) is 27.7 Å². The third-order valence-corrected chi connectivity index (χ3v) is 5.12. The zero-order valence-corrected chi connectivity index (χ0v) is 15.8. The van der Waals surface area contributed by atoms with E-state index in [1.54, 1.807) is 12.1 Å². The van der Waals surface area contributed by atoms with Crippen LogP contribution in [0.15, 0.2) is 36.4 Å². The van der Waals surface area contributed by atoms with Crippen molar-refractivity contribution in [1.29, 1.82) is 0 Å². The van der Waals surface area contributed by atoms with Gasteiger partial charge in [-0.2, -0.15) is 0 Å². The molecule has 2 heterocycles. The molecule has 2 aromatic carbocycles. The molecule has 1 saturated heterocycles. The first kappa shape index (κ1) is 18.9. The highest BCUT2D eigenvalue weighted by Gasteiger charge is 2.21. The van der Waals surface area contributed by atoms with Crippen LogP contribution in [0.5, 0.6) is 5.75 Å². The largest absolute Gasteiger partial charge is 0.506 e. The van der Waals surface area contributed by atoms with Crippen LogP contribution in [0.3, 0.4) is 0 Å². The summed E-state index contributed by atoms with van der Waals surface area (Å²) in [6.07, 6.45) is 1.85. The molecule has 9 nitrogen and oxygen atoms in total. The number of nitro benzene ring substituents is 1. The van der Waals surface area contributed by atoms with Gasteiger partial charge in [0.25, 0.3) is 11.6 Å². The molecule has 0 spiro atoms. The fraction of sp³-hybridized carbons (Fsp3) is 0.300. The first-order chi connectivity index (χ1) is 13.9. The number of phenols is 1. The zero-order chi connectivity index (χ0) is 20.5. The third kappa shape index (κ3) is 3.64. The van der Waals surface area contributed by atoms with Gasteiger partial charge in [-0.15, -0.1) is 0 Å². The van der Waals surface area contributed by atoms with E-state index in [1.165, 1.54) is 12.1 Å². The molecule has 1 fully saturated rings. The SMILES string of the molecule is Cc1nc2cc(C(=O)Nc3ccc([N+](=O)[O-])cc3O)ccc2n1C1CCOCC1. The molecule has 150 valence electrons. The molecule has 4 rings (SSSR count). The van der Waals surface area contributed by atoms with Crippen molar-refractivity contribution < 1.29 is 19.6 Å². The van der Waals surface area contributed by atoms with Crippen molar-refractivity contribution in [2.45, 2.75) is 25.8 Å². The molecule has 0 saturated carbocycles. The number of nitro groups is 1. The van der Waals surface area contributed by atoms with Gasteiger partial charge in [-0.25, -0.2) is 4.98 Å². The normalized spacial score (nSPS) is 14.8. The highest BCUT2D eigenvalue weighted by atomic mass is 16.6. The number of ether oxygens (including phenoxy) is 1. The first-order valence-corrected chi connectivity index (χ1v) is 9.29. The molecule has 0 radical (unpaired) electrons. The number of hydrogen-bond acceptors (Lipinski definition) is 6. The molecule has 0 bridgehead atoms. The molecule has 9 heteroatoms. The second-order valence-electron chi connectivity index (χ2n) is 6.99. The Hall–Kier alpha value is -3.46. The molecule has 0 unspecified atom stereocenters. The van der Waals surface area contributed by atoms with Gasteiger partial charge in [0.1, 0.15) is 11.6 Å². The van der Waals surface area contributed by atoms with Crippen molar-refractivity contribution in [1.82, 2.24) is 9.55 Å². The third-order valence-electron chi connectivity index (χ3n) is 5.12. The average molecular weight is 396 g/mol. The molecule has 1 aliphatic heterocycles. The van der Waals surface area contributed by atoms with Crippen molar-refractivity contribution in [2.75, 3.05) is 18.5 Å². The van der Waals surface area contributed by atoms with Crippen LogP contribution in [0, 0.1) is 17.0 Å². The van der Waals surface area contributed by atoms with Crippen LogP contribution in [0.2, 0.25) is 0 Å². The van der Waals surface area contributed by atoms with E-state index in [2.05, 4.69) is 14.9 Å². The number of carbonyl (C=O) groups excluding carboxylic acids is 1. The minimum absolute atomic E-state index is 0.101. The molecule has 3 aromatic rings. The predicted molar refractivity (Wildman–Crippen MR) is 106 cm³/mol. The second-order valence-corrected chi connectivity index (χ2v) is 6.99.